The van der Waals surface area contributed by atoms with Crippen molar-refractivity contribution >= 4 is 22.5 Å². The number of anilines is 1. The smallest absolute Gasteiger partial charge is 0.275 e. The molecule has 0 aliphatic rings. The lowest BCUT2D eigenvalue weighted by atomic mass is 10.2. The number of rotatable bonds is 3. The summed E-state index contributed by atoms with van der Waals surface area (Å²) in [7, 11) is 0. The first kappa shape index (κ1) is 13.2. The first-order valence-electron chi connectivity index (χ1n) is 6.99. The zero-order chi connectivity index (χ0) is 15.6. The van der Waals surface area contributed by atoms with Crippen LogP contribution in [0, 0.1) is 0 Å². The molecular weight excluding hydrogens is 292 g/mol. The number of carbonyl (C=O) groups excluding carboxylic acids is 1. The summed E-state index contributed by atoms with van der Waals surface area (Å²) in [6.07, 6.45) is 8.34. The minimum absolute atomic E-state index is 0.279. The highest BCUT2D eigenvalue weighted by molar-refractivity contribution is 6.11. The van der Waals surface area contributed by atoms with Crippen molar-refractivity contribution in [2.45, 2.75) is 0 Å². The van der Waals surface area contributed by atoms with Gasteiger partial charge in [0, 0.05) is 41.3 Å². The number of carbonyl (C=O) groups is 1. The Labute approximate surface area is 130 Å². The van der Waals surface area contributed by atoms with Crippen molar-refractivity contribution in [1.82, 2.24) is 25.1 Å². The maximum Gasteiger partial charge on any atom is 0.275 e. The van der Waals surface area contributed by atoms with Gasteiger partial charge in [0.15, 0.2) is 0 Å². The third kappa shape index (κ3) is 2.44. The molecule has 0 aliphatic carbocycles. The standard InChI is InChI=1S/C16H12N6O/c23-16(15-12-1-4-18-14(12)2-5-19-15)21-11-7-10(8-17-9-11)13-3-6-20-22-13/h1-9,18H,(H,20,22)(H,21,23). The van der Waals surface area contributed by atoms with Gasteiger partial charge in [0.1, 0.15) is 5.69 Å². The van der Waals surface area contributed by atoms with E-state index in [9.17, 15) is 4.79 Å². The number of aromatic amines is 2. The molecule has 0 bridgehead atoms. The van der Waals surface area contributed by atoms with Crippen molar-refractivity contribution in [2.24, 2.45) is 0 Å². The monoisotopic (exact) mass is 304 g/mol. The molecule has 0 fully saturated rings. The van der Waals surface area contributed by atoms with Crippen LogP contribution in [0.25, 0.3) is 22.2 Å². The molecule has 0 radical (unpaired) electrons. The summed E-state index contributed by atoms with van der Waals surface area (Å²) >= 11 is 0. The summed E-state index contributed by atoms with van der Waals surface area (Å²) in [4.78, 5) is 23.9. The van der Waals surface area contributed by atoms with Crippen LogP contribution in [0.1, 0.15) is 10.5 Å². The third-order valence-corrected chi connectivity index (χ3v) is 3.50. The molecule has 0 aromatic carbocycles. The summed E-state index contributed by atoms with van der Waals surface area (Å²) in [5.74, 6) is -0.279. The summed E-state index contributed by atoms with van der Waals surface area (Å²) in [6.45, 7) is 0. The zero-order valence-corrected chi connectivity index (χ0v) is 11.9. The Kier molecular flexibility index (Phi) is 3.09. The van der Waals surface area contributed by atoms with Crippen LogP contribution in [-0.2, 0) is 0 Å². The van der Waals surface area contributed by atoms with Gasteiger partial charge in [-0.25, -0.2) is 0 Å². The Morgan fingerprint density at radius 1 is 1.13 bits per heavy atom. The van der Waals surface area contributed by atoms with E-state index in [1.807, 2.05) is 24.3 Å². The molecule has 1 amide bonds. The minimum atomic E-state index is -0.279. The number of pyridine rings is 2. The Bertz CT molecular complexity index is 973. The zero-order valence-electron chi connectivity index (χ0n) is 11.9. The van der Waals surface area contributed by atoms with Crippen LogP contribution in [0.15, 0.2) is 55.2 Å². The van der Waals surface area contributed by atoms with Crippen LogP contribution < -0.4 is 5.32 Å². The second-order valence-corrected chi connectivity index (χ2v) is 4.99. The molecule has 112 valence electrons. The highest BCUT2D eigenvalue weighted by Crippen LogP contribution is 2.20. The van der Waals surface area contributed by atoms with Gasteiger partial charge in [-0.1, -0.05) is 0 Å². The highest BCUT2D eigenvalue weighted by atomic mass is 16.1. The predicted molar refractivity (Wildman–Crippen MR) is 85.9 cm³/mol. The lowest BCUT2D eigenvalue weighted by molar-refractivity contribution is 0.102. The van der Waals surface area contributed by atoms with Gasteiger partial charge in [-0.3, -0.25) is 19.9 Å². The fraction of sp³-hybridized carbons (Fsp3) is 0. The average Bonchev–Trinajstić information content (AvgIpc) is 3.26. The number of aromatic nitrogens is 5. The van der Waals surface area contributed by atoms with Gasteiger partial charge in [0.05, 0.1) is 17.6 Å². The van der Waals surface area contributed by atoms with Crippen LogP contribution in [0.4, 0.5) is 5.69 Å². The second-order valence-electron chi connectivity index (χ2n) is 4.99. The van der Waals surface area contributed by atoms with Crippen molar-refractivity contribution in [3.05, 3.63) is 60.9 Å². The van der Waals surface area contributed by atoms with E-state index in [2.05, 4.69) is 30.5 Å². The van der Waals surface area contributed by atoms with Gasteiger partial charge in [0.25, 0.3) is 5.91 Å². The lowest BCUT2D eigenvalue weighted by Crippen LogP contribution is -2.14. The summed E-state index contributed by atoms with van der Waals surface area (Å²) in [5.41, 5.74) is 3.51. The quantitative estimate of drug-likeness (QED) is 0.541. The molecule has 0 aliphatic heterocycles. The molecule has 4 aromatic rings. The predicted octanol–water partition coefficient (Wildman–Crippen LogP) is 2.60. The third-order valence-electron chi connectivity index (χ3n) is 3.50. The maximum atomic E-state index is 12.5. The van der Waals surface area contributed by atoms with Gasteiger partial charge < -0.3 is 10.3 Å². The molecule has 0 saturated heterocycles. The van der Waals surface area contributed by atoms with Crippen LogP contribution in [0.5, 0.6) is 0 Å². The summed E-state index contributed by atoms with van der Waals surface area (Å²) in [6, 6.07) is 7.32. The molecule has 0 saturated carbocycles. The van der Waals surface area contributed by atoms with E-state index in [0.29, 0.717) is 11.4 Å². The number of nitrogens with one attached hydrogen (secondary N) is 3. The first-order chi connectivity index (χ1) is 11.3. The molecule has 3 N–H and O–H groups in total. The minimum Gasteiger partial charge on any atom is -0.361 e. The molecule has 0 unspecified atom stereocenters. The van der Waals surface area contributed by atoms with Gasteiger partial charge >= 0.3 is 0 Å². The van der Waals surface area contributed by atoms with E-state index in [1.165, 1.54) is 0 Å². The summed E-state index contributed by atoms with van der Waals surface area (Å²) < 4.78 is 0. The molecule has 4 aromatic heterocycles. The number of hydrogen-bond donors (Lipinski definition) is 3. The molecule has 23 heavy (non-hydrogen) atoms. The number of fused-ring (bicyclic) bond motifs is 1. The van der Waals surface area contributed by atoms with E-state index in [0.717, 1.165) is 22.2 Å². The Morgan fingerprint density at radius 2 is 2.09 bits per heavy atom. The SMILES string of the molecule is O=C(Nc1cncc(-c2ccn[nH]2)c1)c1nccc2[nH]ccc12. The molecule has 4 rings (SSSR count). The van der Waals surface area contributed by atoms with Gasteiger partial charge in [-0.05, 0) is 24.3 Å². The van der Waals surface area contributed by atoms with Crippen LogP contribution in [0.3, 0.4) is 0 Å². The topological polar surface area (TPSA) is 99.3 Å². The van der Waals surface area contributed by atoms with Crippen LogP contribution in [-0.4, -0.2) is 31.1 Å². The lowest BCUT2D eigenvalue weighted by Gasteiger charge is -2.06. The van der Waals surface area contributed by atoms with Gasteiger partial charge in [-0.15, -0.1) is 0 Å². The average molecular weight is 304 g/mol. The number of hydrogen-bond acceptors (Lipinski definition) is 4. The van der Waals surface area contributed by atoms with E-state index in [4.69, 9.17) is 0 Å². The van der Waals surface area contributed by atoms with E-state index in [-0.39, 0.29) is 5.91 Å². The van der Waals surface area contributed by atoms with Gasteiger partial charge in [-0.2, -0.15) is 5.10 Å². The van der Waals surface area contributed by atoms with Crippen LogP contribution >= 0.6 is 0 Å². The molecular formula is C16H12N6O. The fourth-order valence-corrected chi connectivity index (χ4v) is 2.43. The molecule has 0 spiro atoms. The Hall–Kier alpha value is -3.48. The van der Waals surface area contributed by atoms with Crippen molar-refractivity contribution in [3.63, 3.8) is 0 Å². The van der Waals surface area contributed by atoms with Crippen molar-refractivity contribution in [1.29, 1.82) is 0 Å². The normalized spacial score (nSPS) is 10.8. The maximum absolute atomic E-state index is 12.5. The van der Waals surface area contributed by atoms with Crippen molar-refractivity contribution in [2.75, 3.05) is 5.32 Å². The molecule has 0 atom stereocenters. The Balaban J connectivity index is 1.64. The number of amides is 1. The van der Waals surface area contributed by atoms with E-state index < -0.39 is 0 Å². The number of nitrogens with zero attached hydrogens (tertiary/aromatic N) is 3. The number of H-pyrrole nitrogens is 2. The molecule has 4 heterocycles. The summed E-state index contributed by atoms with van der Waals surface area (Å²) in [5, 5.41) is 10.4. The molecule has 7 heteroatoms. The fourth-order valence-electron chi connectivity index (χ4n) is 2.43. The van der Waals surface area contributed by atoms with Gasteiger partial charge in [0.2, 0.25) is 0 Å². The Morgan fingerprint density at radius 3 is 2.96 bits per heavy atom. The van der Waals surface area contributed by atoms with Crippen molar-refractivity contribution in [3.8, 4) is 11.3 Å². The first-order valence-corrected chi connectivity index (χ1v) is 6.99. The molecule has 7 nitrogen and oxygen atoms in total. The second kappa shape index (κ2) is 5.38. The van der Waals surface area contributed by atoms with E-state index >= 15 is 0 Å². The largest absolute Gasteiger partial charge is 0.361 e. The van der Waals surface area contributed by atoms with Crippen LogP contribution in [0.2, 0.25) is 0 Å². The van der Waals surface area contributed by atoms with Crippen molar-refractivity contribution < 1.29 is 4.79 Å². The van der Waals surface area contributed by atoms with E-state index in [1.54, 1.807) is 31.0 Å². The highest BCUT2D eigenvalue weighted by Gasteiger charge is 2.13.